The van der Waals surface area contributed by atoms with Crippen molar-refractivity contribution in [3.8, 4) is 28.1 Å². The molecule has 208 valence electrons. The van der Waals surface area contributed by atoms with Crippen LogP contribution < -0.4 is 19.5 Å². The number of benzene rings is 1. The number of ether oxygens (including phenoxy) is 4. The molecule has 0 unspecified atom stereocenters. The second-order valence-corrected chi connectivity index (χ2v) is 9.77. The zero-order valence-corrected chi connectivity index (χ0v) is 23.4. The number of esters is 1. The van der Waals surface area contributed by atoms with E-state index < -0.39 is 11.9 Å². The van der Waals surface area contributed by atoms with Crippen LogP contribution in [0.5, 0.6) is 28.1 Å². The van der Waals surface area contributed by atoms with Gasteiger partial charge in [0.2, 0.25) is 5.06 Å². The number of nitrogens with one attached hydrogen (secondary N) is 1. The van der Waals surface area contributed by atoms with Crippen LogP contribution in [0.4, 0.5) is 5.13 Å². The molecule has 0 fully saturated rings. The van der Waals surface area contributed by atoms with E-state index in [1.54, 1.807) is 30.3 Å². The number of rotatable bonds is 12. The molecular formula is C26H24N4O8S2. The van der Waals surface area contributed by atoms with Crippen molar-refractivity contribution in [3.63, 3.8) is 0 Å². The van der Waals surface area contributed by atoms with E-state index in [1.807, 2.05) is 13.8 Å². The standard InChI is InChI=1S/C26H24N4O8S2/c1-15(2)35-19-7-16(8-20(10-19)36-18-5-6-22(28-13-18)40-38-34-4)24(31)30-26-29-14-23(39-26)37-21-9-17(11-27-12-21)25(32)33-3/h5-15H,1-4H3,(H,29,30,31). The summed E-state index contributed by atoms with van der Waals surface area (Å²) >= 11 is 2.06. The molecule has 3 aromatic heterocycles. The molecule has 0 atom stereocenters. The van der Waals surface area contributed by atoms with E-state index in [0.29, 0.717) is 38.2 Å². The molecule has 0 aliphatic rings. The van der Waals surface area contributed by atoms with Gasteiger partial charge in [-0.1, -0.05) is 11.3 Å². The van der Waals surface area contributed by atoms with Crippen molar-refractivity contribution in [1.29, 1.82) is 0 Å². The number of anilines is 1. The first-order chi connectivity index (χ1) is 19.3. The van der Waals surface area contributed by atoms with E-state index in [0.717, 1.165) is 23.4 Å². The quantitative estimate of drug-likeness (QED) is 0.0913. The van der Waals surface area contributed by atoms with E-state index in [2.05, 4.69) is 25.2 Å². The van der Waals surface area contributed by atoms with Crippen LogP contribution >= 0.6 is 23.4 Å². The lowest BCUT2D eigenvalue weighted by atomic mass is 10.2. The first-order valence-corrected chi connectivity index (χ1v) is 13.2. The maximum Gasteiger partial charge on any atom is 0.339 e. The fourth-order valence-corrected chi connectivity index (χ4v) is 4.18. The van der Waals surface area contributed by atoms with Crippen molar-refractivity contribution in [3.05, 3.63) is 72.3 Å². The number of amides is 1. The molecule has 4 rings (SSSR count). The van der Waals surface area contributed by atoms with Gasteiger partial charge in [-0.3, -0.25) is 15.1 Å². The Kier molecular flexibility index (Phi) is 9.86. The number of carbonyl (C=O) groups is 2. The van der Waals surface area contributed by atoms with Crippen molar-refractivity contribution in [2.24, 2.45) is 0 Å². The van der Waals surface area contributed by atoms with E-state index in [-0.39, 0.29) is 17.2 Å². The fourth-order valence-electron chi connectivity index (χ4n) is 3.14. The van der Waals surface area contributed by atoms with Gasteiger partial charge in [0.25, 0.3) is 5.91 Å². The molecule has 1 amide bonds. The Bertz CT molecular complexity index is 1460. The number of nitrogens with zero attached hydrogens (tertiary/aromatic N) is 3. The predicted molar refractivity (Wildman–Crippen MR) is 146 cm³/mol. The first-order valence-electron chi connectivity index (χ1n) is 11.6. The Labute approximate surface area is 237 Å². The third kappa shape index (κ3) is 8.13. The van der Waals surface area contributed by atoms with Crippen LogP contribution in [-0.4, -0.2) is 47.2 Å². The molecule has 0 saturated heterocycles. The molecule has 4 aromatic rings. The summed E-state index contributed by atoms with van der Waals surface area (Å²) in [5.74, 6) is 0.619. The summed E-state index contributed by atoms with van der Waals surface area (Å²) in [4.78, 5) is 41.8. The monoisotopic (exact) mass is 584 g/mol. The summed E-state index contributed by atoms with van der Waals surface area (Å²) in [6.45, 7) is 3.76. The average molecular weight is 585 g/mol. The minimum absolute atomic E-state index is 0.129. The summed E-state index contributed by atoms with van der Waals surface area (Å²) in [6.07, 6.45) is 5.65. The van der Waals surface area contributed by atoms with Gasteiger partial charge in [0.05, 0.1) is 56.5 Å². The summed E-state index contributed by atoms with van der Waals surface area (Å²) in [7, 11) is 2.68. The first kappa shape index (κ1) is 28.8. The highest BCUT2D eigenvalue weighted by Gasteiger charge is 2.15. The summed E-state index contributed by atoms with van der Waals surface area (Å²) in [6, 6.07) is 9.77. The van der Waals surface area contributed by atoms with E-state index in [9.17, 15) is 9.59 Å². The topological polar surface area (TPSA) is 140 Å². The van der Waals surface area contributed by atoms with Gasteiger partial charge >= 0.3 is 5.97 Å². The Balaban J connectivity index is 1.47. The fraction of sp³-hybridized carbons (Fsp3) is 0.192. The van der Waals surface area contributed by atoms with Gasteiger partial charge in [-0.15, -0.1) is 0 Å². The number of pyridine rings is 2. The summed E-state index contributed by atoms with van der Waals surface area (Å²) in [5.41, 5.74) is 0.528. The minimum Gasteiger partial charge on any atom is -0.491 e. The number of methoxy groups -OCH3 is 1. The van der Waals surface area contributed by atoms with Gasteiger partial charge in [0, 0.05) is 17.8 Å². The lowest BCUT2D eigenvalue weighted by Gasteiger charge is -2.14. The van der Waals surface area contributed by atoms with Crippen LogP contribution in [0.15, 0.2) is 66.2 Å². The normalized spacial score (nSPS) is 10.7. The molecule has 3 heterocycles. The van der Waals surface area contributed by atoms with Crippen LogP contribution in [0.25, 0.3) is 0 Å². The SMILES string of the molecule is COOSc1ccc(Oc2cc(OC(C)C)cc(C(=O)Nc3ncc(Oc4cncc(C(=O)OC)c4)s3)c2)cn1. The Morgan fingerprint density at radius 1 is 0.875 bits per heavy atom. The van der Waals surface area contributed by atoms with Crippen LogP contribution in [0.2, 0.25) is 0 Å². The van der Waals surface area contributed by atoms with Crippen molar-refractivity contribution < 1.29 is 37.8 Å². The molecule has 0 spiro atoms. The third-order valence-electron chi connectivity index (χ3n) is 4.70. The minimum atomic E-state index is -0.536. The number of hydrogen-bond donors (Lipinski definition) is 1. The average Bonchev–Trinajstić information content (AvgIpc) is 3.38. The summed E-state index contributed by atoms with van der Waals surface area (Å²) < 4.78 is 27.0. The lowest BCUT2D eigenvalue weighted by molar-refractivity contribution is -0.160. The van der Waals surface area contributed by atoms with Gasteiger partial charge < -0.3 is 18.9 Å². The molecule has 0 radical (unpaired) electrons. The van der Waals surface area contributed by atoms with E-state index in [4.69, 9.17) is 23.3 Å². The highest BCUT2D eigenvalue weighted by Crippen LogP contribution is 2.32. The van der Waals surface area contributed by atoms with Gasteiger partial charge in [-0.05, 0) is 44.2 Å². The van der Waals surface area contributed by atoms with Crippen molar-refractivity contribution in [2.45, 2.75) is 25.0 Å². The zero-order valence-electron chi connectivity index (χ0n) is 21.8. The maximum absolute atomic E-state index is 13.1. The van der Waals surface area contributed by atoms with Gasteiger partial charge in [-0.2, -0.15) is 4.33 Å². The molecule has 0 aliphatic heterocycles. The maximum atomic E-state index is 13.1. The molecule has 0 saturated carbocycles. The molecule has 0 aliphatic carbocycles. The molecule has 14 heteroatoms. The predicted octanol–water partition coefficient (Wildman–Crippen LogP) is 5.93. The Hall–Kier alpha value is -4.24. The smallest absolute Gasteiger partial charge is 0.339 e. The number of aromatic nitrogens is 3. The lowest BCUT2D eigenvalue weighted by Crippen LogP contribution is -2.13. The number of hydrogen-bond acceptors (Lipinski definition) is 13. The van der Waals surface area contributed by atoms with E-state index in [1.165, 1.54) is 45.1 Å². The van der Waals surface area contributed by atoms with Gasteiger partial charge in [-0.25, -0.2) is 19.7 Å². The second-order valence-electron chi connectivity index (χ2n) is 8.05. The van der Waals surface area contributed by atoms with Crippen molar-refractivity contribution in [1.82, 2.24) is 15.0 Å². The largest absolute Gasteiger partial charge is 0.491 e. The number of thiazole rings is 1. The Morgan fingerprint density at radius 2 is 1.68 bits per heavy atom. The highest BCUT2D eigenvalue weighted by atomic mass is 32.2. The van der Waals surface area contributed by atoms with Crippen LogP contribution in [0.3, 0.4) is 0 Å². The van der Waals surface area contributed by atoms with Crippen molar-refractivity contribution in [2.75, 3.05) is 19.5 Å². The zero-order chi connectivity index (χ0) is 28.5. The molecule has 40 heavy (non-hydrogen) atoms. The molecule has 12 nitrogen and oxygen atoms in total. The molecule has 1 N–H and O–H groups in total. The number of carbonyl (C=O) groups excluding carboxylic acids is 2. The summed E-state index contributed by atoms with van der Waals surface area (Å²) in [5, 5.41) is 4.00. The van der Waals surface area contributed by atoms with E-state index >= 15 is 0 Å². The van der Waals surface area contributed by atoms with Crippen LogP contribution in [0, 0.1) is 0 Å². The highest BCUT2D eigenvalue weighted by molar-refractivity contribution is 7.94. The Morgan fingerprint density at radius 3 is 2.40 bits per heavy atom. The second kappa shape index (κ2) is 13.7. The van der Waals surface area contributed by atoms with Gasteiger partial charge in [0.15, 0.2) is 5.13 Å². The molecule has 0 bridgehead atoms. The molecule has 1 aromatic carbocycles. The van der Waals surface area contributed by atoms with Crippen LogP contribution in [0.1, 0.15) is 34.6 Å². The van der Waals surface area contributed by atoms with Crippen LogP contribution in [-0.2, 0) is 14.0 Å². The molecular weight excluding hydrogens is 560 g/mol. The van der Waals surface area contributed by atoms with Gasteiger partial charge in [0.1, 0.15) is 28.0 Å². The van der Waals surface area contributed by atoms with Crippen molar-refractivity contribution >= 4 is 40.4 Å². The third-order valence-corrected chi connectivity index (χ3v) is 6.11.